The predicted molar refractivity (Wildman–Crippen MR) is 124 cm³/mol. The zero-order valence-electron chi connectivity index (χ0n) is 19.1. The number of carbonyl (C=O) groups is 4. The van der Waals surface area contributed by atoms with Gasteiger partial charge in [-0.05, 0) is 55.5 Å². The van der Waals surface area contributed by atoms with Crippen molar-refractivity contribution in [2.24, 2.45) is 0 Å². The molecular weight excluding hydrogens is 432 g/mol. The van der Waals surface area contributed by atoms with Crippen LogP contribution in [-0.2, 0) is 22.7 Å². The summed E-state index contributed by atoms with van der Waals surface area (Å²) in [6.45, 7) is 2.25. The number of carbonyl (C=O) groups excluding carboxylic acids is 4. The average molecular weight is 461 g/mol. The SMILES string of the molecule is O=C1CCC(N2Cc3c(OCc4ccc(C(=O)N5CCCCC5)cc4)cccc3C2=O)C(=O)C1. The van der Waals surface area contributed by atoms with Crippen molar-refractivity contribution < 1.29 is 23.9 Å². The summed E-state index contributed by atoms with van der Waals surface area (Å²) in [5.41, 5.74) is 2.93. The van der Waals surface area contributed by atoms with Crippen LogP contribution in [0.1, 0.15) is 70.4 Å². The maximum Gasteiger partial charge on any atom is 0.255 e. The number of benzene rings is 2. The standard InChI is InChI=1S/C27H28N2O5/c30-20-11-12-23(24(31)15-20)29-16-22-21(27(29)33)5-4-6-25(22)34-17-18-7-9-19(10-8-18)26(32)28-13-2-1-3-14-28/h4-10,23H,1-3,11-17H2. The van der Waals surface area contributed by atoms with Crippen molar-refractivity contribution in [3.8, 4) is 5.75 Å². The first-order valence-electron chi connectivity index (χ1n) is 12.0. The van der Waals surface area contributed by atoms with Crippen molar-refractivity contribution in [1.82, 2.24) is 9.80 Å². The molecule has 1 aliphatic carbocycles. The quantitative estimate of drug-likeness (QED) is 0.638. The molecule has 1 unspecified atom stereocenters. The summed E-state index contributed by atoms with van der Waals surface area (Å²) in [5, 5.41) is 0. The van der Waals surface area contributed by atoms with Gasteiger partial charge in [0.1, 0.15) is 18.1 Å². The van der Waals surface area contributed by atoms with E-state index in [1.165, 1.54) is 6.42 Å². The Kier molecular flexibility index (Phi) is 6.18. The second kappa shape index (κ2) is 9.41. The lowest BCUT2D eigenvalue weighted by atomic mass is 9.92. The Balaban J connectivity index is 1.25. The van der Waals surface area contributed by atoms with E-state index in [-0.39, 0.29) is 29.8 Å². The highest BCUT2D eigenvalue weighted by molar-refractivity contribution is 6.07. The third kappa shape index (κ3) is 4.34. The lowest BCUT2D eigenvalue weighted by molar-refractivity contribution is -0.133. The number of fused-ring (bicyclic) bond motifs is 1. The van der Waals surface area contributed by atoms with Crippen molar-refractivity contribution in [3.63, 3.8) is 0 Å². The van der Waals surface area contributed by atoms with E-state index < -0.39 is 6.04 Å². The number of amides is 2. The number of ketones is 2. The molecule has 3 aliphatic rings. The molecule has 176 valence electrons. The summed E-state index contributed by atoms with van der Waals surface area (Å²) in [6, 6.07) is 12.3. The van der Waals surface area contributed by atoms with Crippen molar-refractivity contribution in [2.75, 3.05) is 13.1 Å². The van der Waals surface area contributed by atoms with E-state index >= 15 is 0 Å². The molecule has 7 heteroatoms. The summed E-state index contributed by atoms with van der Waals surface area (Å²) in [5.74, 6) is 0.262. The van der Waals surface area contributed by atoms with Crippen LogP contribution in [0.4, 0.5) is 0 Å². The van der Waals surface area contributed by atoms with Crippen LogP contribution >= 0.6 is 0 Å². The molecule has 34 heavy (non-hydrogen) atoms. The van der Waals surface area contributed by atoms with Gasteiger partial charge in [0, 0.05) is 36.2 Å². The summed E-state index contributed by atoms with van der Waals surface area (Å²) in [6.07, 6.45) is 3.93. The highest BCUT2D eigenvalue weighted by Crippen LogP contribution is 2.34. The molecule has 0 aromatic heterocycles. The van der Waals surface area contributed by atoms with Gasteiger partial charge < -0.3 is 14.5 Å². The third-order valence-electron chi connectivity index (χ3n) is 7.01. The van der Waals surface area contributed by atoms with Crippen LogP contribution in [0.3, 0.4) is 0 Å². The van der Waals surface area contributed by atoms with Gasteiger partial charge in [-0.3, -0.25) is 19.2 Å². The molecule has 2 amide bonds. The van der Waals surface area contributed by atoms with E-state index in [2.05, 4.69) is 0 Å². The van der Waals surface area contributed by atoms with Gasteiger partial charge in [0.25, 0.3) is 11.8 Å². The number of rotatable bonds is 5. The van der Waals surface area contributed by atoms with Gasteiger partial charge in [-0.15, -0.1) is 0 Å². The molecule has 2 aliphatic heterocycles. The Hall–Kier alpha value is -3.48. The summed E-state index contributed by atoms with van der Waals surface area (Å²) in [7, 11) is 0. The molecule has 0 radical (unpaired) electrons. The first-order chi connectivity index (χ1) is 16.5. The molecular formula is C27H28N2O5. The van der Waals surface area contributed by atoms with Crippen LogP contribution in [0.15, 0.2) is 42.5 Å². The maximum absolute atomic E-state index is 13.0. The molecule has 5 rings (SSSR count). The van der Waals surface area contributed by atoms with Gasteiger partial charge in [-0.25, -0.2) is 0 Å². The molecule has 0 spiro atoms. The number of hydrogen-bond donors (Lipinski definition) is 0. The summed E-state index contributed by atoms with van der Waals surface area (Å²) in [4.78, 5) is 53.1. The Labute approximate surface area is 198 Å². The van der Waals surface area contributed by atoms with Gasteiger partial charge in [-0.2, -0.15) is 0 Å². The van der Waals surface area contributed by atoms with Crippen molar-refractivity contribution in [3.05, 3.63) is 64.7 Å². The summed E-state index contributed by atoms with van der Waals surface area (Å²) >= 11 is 0. The van der Waals surface area contributed by atoms with E-state index in [4.69, 9.17) is 4.74 Å². The van der Waals surface area contributed by atoms with E-state index in [0.29, 0.717) is 42.9 Å². The highest BCUT2D eigenvalue weighted by Gasteiger charge is 2.40. The highest BCUT2D eigenvalue weighted by atomic mass is 16.5. The number of likely N-dealkylation sites (tertiary alicyclic amines) is 1. The summed E-state index contributed by atoms with van der Waals surface area (Å²) < 4.78 is 6.07. The predicted octanol–water partition coefficient (Wildman–Crippen LogP) is 3.54. The first kappa shape index (κ1) is 22.3. The monoisotopic (exact) mass is 460 g/mol. The van der Waals surface area contributed by atoms with Gasteiger partial charge in [-0.1, -0.05) is 18.2 Å². The lowest BCUT2D eigenvalue weighted by Gasteiger charge is -2.29. The second-order valence-electron chi connectivity index (χ2n) is 9.29. The van der Waals surface area contributed by atoms with Crippen LogP contribution in [-0.4, -0.2) is 52.3 Å². The molecule has 0 bridgehead atoms. The largest absolute Gasteiger partial charge is 0.489 e. The lowest BCUT2D eigenvalue weighted by Crippen LogP contribution is -2.44. The molecule has 2 heterocycles. The van der Waals surface area contributed by atoms with Crippen molar-refractivity contribution in [2.45, 2.75) is 57.7 Å². The van der Waals surface area contributed by atoms with E-state index in [1.807, 2.05) is 35.2 Å². The van der Waals surface area contributed by atoms with E-state index in [9.17, 15) is 19.2 Å². The molecule has 1 saturated heterocycles. The van der Waals surface area contributed by atoms with Gasteiger partial charge >= 0.3 is 0 Å². The fraction of sp³-hybridized carbons (Fsp3) is 0.407. The van der Waals surface area contributed by atoms with Gasteiger partial charge in [0.05, 0.1) is 19.0 Å². The molecule has 2 aromatic carbocycles. The Morgan fingerprint density at radius 1 is 0.971 bits per heavy atom. The van der Waals surface area contributed by atoms with Crippen LogP contribution in [0.2, 0.25) is 0 Å². The maximum atomic E-state index is 13.0. The van der Waals surface area contributed by atoms with Crippen LogP contribution in [0.25, 0.3) is 0 Å². The fourth-order valence-corrected chi connectivity index (χ4v) is 5.09. The van der Waals surface area contributed by atoms with Gasteiger partial charge in [0.15, 0.2) is 5.78 Å². The second-order valence-corrected chi connectivity index (χ2v) is 9.29. The molecule has 1 atom stereocenters. The zero-order valence-corrected chi connectivity index (χ0v) is 19.1. The first-order valence-corrected chi connectivity index (χ1v) is 12.0. The number of ether oxygens (including phenoxy) is 1. The van der Waals surface area contributed by atoms with Crippen LogP contribution in [0, 0.1) is 0 Å². The third-order valence-corrected chi connectivity index (χ3v) is 7.01. The number of hydrogen-bond acceptors (Lipinski definition) is 5. The fourth-order valence-electron chi connectivity index (χ4n) is 5.09. The Morgan fingerprint density at radius 2 is 1.74 bits per heavy atom. The number of nitrogens with zero attached hydrogens (tertiary/aromatic N) is 2. The Bertz CT molecular complexity index is 1130. The van der Waals surface area contributed by atoms with Crippen molar-refractivity contribution >= 4 is 23.4 Å². The number of piperidine rings is 1. The van der Waals surface area contributed by atoms with E-state index in [0.717, 1.165) is 37.1 Å². The zero-order chi connectivity index (χ0) is 23.7. The van der Waals surface area contributed by atoms with Crippen molar-refractivity contribution in [1.29, 1.82) is 0 Å². The molecule has 7 nitrogen and oxygen atoms in total. The molecule has 2 fully saturated rings. The molecule has 2 aromatic rings. The molecule has 1 saturated carbocycles. The minimum atomic E-state index is -0.546. The minimum absolute atomic E-state index is 0.0573. The number of Topliss-reactive ketones (excluding diaryl/α,β-unsaturated/α-hetero) is 2. The van der Waals surface area contributed by atoms with Crippen LogP contribution < -0.4 is 4.74 Å². The smallest absolute Gasteiger partial charge is 0.255 e. The normalized spacial score (nSPS) is 20.5. The minimum Gasteiger partial charge on any atom is -0.489 e. The molecule has 0 N–H and O–H groups in total. The topological polar surface area (TPSA) is 84.0 Å². The Morgan fingerprint density at radius 3 is 2.47 bits per heavy atom. The van der Waals surface area contributed by atoms with E-state index in [1.54, 1.807) is 17.0 Å². The average Bonchev–Trinajstić information content (AvgIpc) is 3.20. The van der Waals surface area contributed by atoms with Gasteiger partial charge in [0.2, 0.25) is 0 Å². The van der Waals surface area contributed by atoms with Crippen LogP contribution in [0.5, 0.6) is 5.75 Å².